The molecule has 2 N–H and O–H groups in total. The van der Waals surface area contributed by atoms with Crippen LogP contribution < -0.4 is 5.73 Å². The number of aryl methyl sites for hydroxylation is 1. The molecule has 0 bridgehead atoms. The number of rotatable bonds is 4. The topological polar surface area (TPSA) is 56.7 Å². The van der Waals surface area contributed by atoms with Gasteiger partial charge in [0.05, 0.1) is 18.2 Å². The maximum atomic E-state index is 12.1. The van der Waals surface area contributed by atoms with Crippen molar-refractivity contribution in [2.24, 2.45) is 0 Å². The number of nitrogens with two attached hydrogens (primary N) is 1. The zero-order valence-electron chi connectivity index (χ0n) is 10.1. The third-order valence-corrected chi connectivity index (χ3v) is 2.69. The molecule has 2 aromatic heterocycles. The highest BCUT2D eigenvalue weighted by molar-refractivity contribution is 5.70. The van der Waals surface area contributed by atoms with Gasteiger partial charge in [0.15, 0.2) is 0 Å². The Morgan fingerprint density at radius 3 is 2.79 bits per heavy atom. The van der Waals surface area contributed by atoms with Gasteiger partial charge in [0.25, 0.3) is 0 Å². The lowest BCUT2D eigenvalue weighted by Gasteiger charge is -2.10. The summed E-state index contributed by atoms with van der Waals surface area (Å²) in [5.41, 5.74) is 7.09. The van der Waals surface area contributed by atoms with E-state index < -0.39 is 12.6 Å². The van der Waals surface area contributed by atoms with Gasteiger partial charge in [-0.15, -0.1) is 0 Å². The van der Waals surface area contributed by atoms with Crippen LogP contribution >= 0.6 is 0 Å². The van der Waals surface area contributed by atoms with Crippen molar-refractivity contribution in [3.8, 4) is 11.3 Å². The molecule has 0 amide bonds. The minimum absolute atomic E-state index is 0.00697. The summed E-state index contributed by atoms with van der Waals surface area (Å²) in [4.78, 5) is 7.91. The van der Waals surface area contributed by atoms with E-state index in [0.29, 0.717) is 17.1 Å². The average molecular weight is 270 g/mol. The number of pyridine rings is 1. The molecule has 0 unspecified atom stereocenters. The summed E-state index contributed by atoms with van der Waals surface area (Å²) in [5.74, 6) is 0.333. The molecule has 0 saturated heterocycles. The molecule has 19 heavy (non-hydrogen) atoms. The molecular formula is C12H13F3N4. The van der Waals surface area contributed by atoms with Gasteiger partial charge in [-0.25, -0.2) is 9.97 Å². The van der Waals surface area contributed by atoms with E-state index in [1.807, 2.05) is 0 Å². The number of nitrogens with zero attached hydrogens (tertiary/aromatic N) is 3. The highest BCUT2D eigenvalue weighted by atomic mass is 19.4. The molecule has 0 spiro atoms. The van der Waals surface area contributed by atoms with Gasteiger partial charge in [-0.2, -0.15) is 13.2 Å². The summed E-state index contributed by atoms with van der Waals surface area (Å²) in [6, 6.07) is 3.48. The van der Waals surface area contributed by atoms with Gasteiger partial charge in [0.2, 0.25) is 0 Å². The predicted octanol–water partition coefficient (Wildman–Crippen LogP) is 2.87. The van der Waals surface area contributed by atoms with Crippen molar-refractivity contribution in [3.63, 3.8) is 0 Å². The minimum Gasteiger partial charge on any atom is -0.383 e. The monoisotopic (exact) mass is 270 g/mol. The first-order chi connectivity index (χ1) is 8.97. The van der Waals surface area contributed by atoms with Crippen molar-refractivity contribution in [1.29, 1.82) is 0 Å². The van der Waals surface area contributed by atoms with Crippen LogP contribution in [0.2, 0.25) is 0 Å². The summed E-state index contributed by atoms with van der Waals surface area (Å²) < 4.78 is 38.0. The molecule has 2 aromatic rings. The van der Waals surface area contributed by atoms with Crippen LogP contribution in [0.1, 0.15) is 12.8 Å². The van der Waals surface area contributed by atoms with E-state index in [2.05, 4.69) is 9.97 Å². The average Bonchev–Trinajstić information content (AvgIpc) is 2.76. The number of anilines is 1. The van der Waals surface area contributed by atoms with Gasteiger partial charge >= 0.3 is 6.18 Å². The maximum absolute atomic E-state index is 12.1. The molecule has 0 fully saturated rings. The number of halogens is 3. The molecule has 0 aliphatic heterocycles. The largest absolute Gasteiger partial charge is 0.389 e. The number of alkyl halides is 3. The fourth-order valence-corrected chi connectivity index (χ4v) is 1.81. The van der Waals surface area contributed by atoms with Crippen molar-refractivity contribution in [2.75, 3.05) is 5.73 Å². The van der Waals surface area contributed by atoms with Gasteiger partial charge in [-0.3, -0.25) is 0 Å². The van der Waals surface area contributed by atoms with Gasteiger partial charge < -0.3 is 10.3 Å². The summed E-state index contributed by atoms with van der Waals surface area (Å²) in [7, 11) is 0. The second-order valence-corrected chi connectivity index (χ2v) is 4.13. The standard InChI is InChI=1S/C12H13F3N4/c13-12(14,15)4-2-6-19-8-17-7-10(19)9-3-1-5-18-11(9)16/h1,3,5,7-8H,2,4,6H2,(H2,16,18). The Bertz CT molecular complexity index is 548. The fourth-order valence-electron chi connectivity index (χ4n) is 1.81. The molecule has 0 aliphatic carbocycles. The summed E-state index contributed by atoms with van der Waals surface area (Å²) in [5, 5.41) is 0. The smallest absolute Gasteiger partial charge is 0.383 e. The van der Waals surface area contributed by atoms with Gasteiger partial charge in [-0.1, -0.05) is 0 Å². The Morgan fingerprint density at radius 2 is 2.11 bits per heavy atom. The molecular weight excluding hydrogens is 257 g/mol. The van der Waals surface area contributed by atoms with Crippen molar-refractivity contribution in [1.82, 2.24) is 14.5 Å². The van der Waals surface area contributed by atoms with E-state index >= 15 is 0 Å². The summed E-state index contributed by atoms with van der Waals surface area (Å²) >= 11 is 0. The Hall–Kier alpha value is -2.05. The molecule has 4 nitrogen and oxygen atoms in total. The van der Waals surface area contributed by atoms with Gasteiger partial charge in [0, 0.05) is 24.7 Å². The van der Waals surface area contributed by atoms with Crippen LogP contribution in [0.3, 0.4) is 0 Å². The Kier molecular flexibility index (Phi) is 3.73. The highest BCUT2D eigenvalue weighted by Crippen LogP contribution is 2.25. The van der Waals surface area contributed by atoms with Crippen molar-refractivity contribution in [3.05, 3.63) is 30.9 Å². The molecule has 2 rings (SSSR count). The van der Waals surface area contributed by atoms with E-state index in [0.717, 1.165) is 0 Å². The lowest BCUT2D eigenvalue weighted by molar-refractivity contribution is -0.135. The fraction of sp³-hybridized carbons (Fsp3) is 0.333. The third-order valence-electron chi connectivity index (χ3n) is 2.69. The maximum Gasteiger partial charge on any atom is 0.389 e. The van der Waals surface area contributed by atoms with Crippen LogP contribution in [0.4, 0.5) is 19.0 Å². The van der Waals surface area contributed by atoms with Crippen LogP contribution in [-0.2, 0) is 6.54 Å². The quantitative estimate of drug-likeness (QED) is 0.929. The molecule has 0 atom stereocenters. The first kappa shape index (κ1) is 13.4. The third kappa shape index (κ3) is 3.46. The van der Waals surface area contributed by atoms with Crippen LogP contribution in [0, 0.1) is 0 Å². The number of nitrogen functional groups attached to an aromatic ring is 1. The van der Waals surface area contributed by atoms with E-state index in [-0.39, 0.29) is 13.0 Å². The zero-order valence-corrected chi connectivity index (χ0v) is 10.1. The number of hydrogen-bond acceptors (Lipinski definition) is 3. The summed E-state index contributed by atoms with van der Waals surface area (Å²) in [6.45, 7) is 0.239. The first-order valence-corrected chi connectivity index (χ1v) is 5.75. The number of hydrogen-bond donors (Lipinski definition) is 1. The van der Waals surface area contributed by atoms with E-state index in [1.165, 1.54) is 6.33 Å². The van der Waals surface area contributed by atoms with Crippen LogP contribution in [0.5, 0.6) is 0 Å². The SMILES string of the molecule is Nc1ncccc1-c1cncn1CCCC(F)(F)F. The van der Waals surface area contributed by atoms with Crippen molar-refractivity contribution >= 4 is 5.82 Å². The van der Waals surface area contributed by atoms with Gasteiger partial charge in [0.1, 0.15) is 5.82 Å². The molecule has 102 valence electrons. The van der Waals surface area contributed by atoms with Crippen LogP contribution in [-0.4, -0.2) is 20.7 Å². The lowest BCUT2D eigenvalue weighted by Crippen LogP contribution is -2.09. The zero-order chi connectivity index (χ0) is 13.9. The predicted molar refractivity (Wildman–Crippen MR) is 65.2 cm³/mol. The molecule has 7 heteroatoms. The second kappa shape index (κ2) is 5.29. The Morgan fingerprint density at radius 1 is 1.32 bits per heavy atom. The molecule has 0 radical (unpaired) electrons. The van der Waals surface area contributed by atoms with Crippen molar-refractivity contribution in [2.45, 2.75) is 25.6 Å². The number of aromatic nitrogens is 3. The Balaban J connectivity index is 2.13. The van der Waals surface area contributed by atoms with E-state index in [4.69, 9.17) is 5.73 Å². The lowest BCUT2D eigenvalue weighted by atomic mass is 10.2. The summed E-state index contributed by atoms with van der Waals surface area (Å²) in [6.07, 6.45) is -0.309. The minimum atomic E-state index is -4.13. The van der Waals surface area contributed by atoms with Crippen LogP contribution in [0.15, 0.2) is 30.9 Å². The first-order valence-electron chi connectivity index (χ1n) is 5.75. The molecule has 0 saturated carbocycles. The van der Waals surface area contributed by atoms with E-state index in [9.17, 15) is 13.2 Å². The molecule has 0 aliphatic rings. The van der Waals surface area contributed by atoms with E-state index in [1.54, 1.807) is 29.1 Å². The molecule has 2 heterocycles. The number of imidazole rings is 1. The van der Waals surface area contributed by atoms with Crippen LogP contribution in [0.25, 0.3) is 11.3 Å². The van der Waals surface area contributed by atoms with Gasteiger partial charge in [-0.05, 0) is 18.6 Å². The second-order valence-electron chi connectivity index (χ2n) is 4.13. The van der Waals surface area contributed by atoms with Crippen molar-refractivity contribution < 1.29 is 13.2 Å². The molecule has 0 aromatic carbocycles. The highest BCUT2D eigenvalue weighted by Gasteiger charge is 2.26. The normalized spacial score (nSPS) is 11.7. The Labute approximate surface area is 108 Å².